The topological polar surface area (TPSA) is 75.3 Å². The highest BCUT2D eigenvalue weighted by Crippen LogP contribution is 2.18. The van der Waals surface area contributed by atoms with Crippen LogP contribution in [0, 0.1) is 0 Å². The maximum atomic E-state index is 11.4. The number of carbonyl (C=O) groups is 1. The van der Waals surface area contributed by atoms with Gasteiger partial charge in [-0.2, -0.15) is 0 Å². The third-order valence-corrected chi connectivity index (χ3v) is 4.49. The molecule has 2 fully saturated rings. The summed E-state index contributed by atoms with van der Waals surface area (Å²) in [5.74, 6) is 0.208. The summed E-state index contributed by atoms with van der Waals surface area (Å²) in [6, 6.07) is 0.326. The molecule has 1 saturated carbocycles. The van der Waals surface area contributed by atoms with E-state index in [0.29, 0.717) is 19.0 Å². The van der Waals surface area contributed by atoms with E-state index in [-0.39, 0.29) is 23.5 Å². The normalized spacial score (nSPS) is 28.9. The number of sulfone groups is 1. The van der Waals surface area contributed by atoms with Gasteiger partial charge in [-0.05, 0) is 19.3 Å². The predicted molar refractivity (Wildman–Crippen MR) is 56.2 cm³/mol. The summed E-state index contributed by atoms with van der Waals surface area (Å²) in [6.07, 6.45) is 2.84. The zero-order chi connectivity index (χ0) is 10.9. The first-order chi connectivity index (χ1) is 7.05. The zero-order valence-corrected chi connectivity index (χ0v) is 9.35. The minimum Gasteiger partial charge on any atom is -0.351 e. The van der Waals surface area contributed by atoms with E-state index >= 15 is 0 Å². The highest BCUT2D eigenvalue weighted by atomic mass is 32.2. The largest absolute Gasteiger partial charge is 0.351 e. The fourth-order valence-electron chi connectivity index (χ4n) is 1.71. The molecule has 2 rings (SSSR count). The van der Waals surface area contributed by atoms with Crippen molar-refractivity contribution in [1.29, 1.82) is 0 Å². The first-order valence-electron chi connectivity index (χ1n) is 5.28. The Labute approximate surface area is 89.5 Å². The van der Waals surface area contributed by atoms with E-state index in [2.05, 4.69) is 10.6 Å². The van der Waals surface area contributed by atoms with Crippen LogP contribution in [0.15, 0.2) is 0 Å². The second-order valence-corrected chi connectivity index (χ2v) is 6.55. The van der Waals surface area contributed by atoms with Crippen LogP contribution in [-0.2, 0) is 14.6 Å². The Morgan fingerprint density at radius 1 is 1.20 bits per heavy atom. The Bertz CT molecular complexity index is 348. The lowest BCUT2D eigenvalue weighted by Gasteiger charge is -2.10. The van der Waals surface area contributed by atoms with Crippen molar-refractivity contribution in [3.8, 4) is 0 Å². The molecule has 0 bridgehead atoms. The molecule has 5 nitrogen and oxygen atoms in total. The van der Waals surface area contributed by atoms with Crippen molar-refractivity contribution < 1.29 is 13.2 Å². The van der Waals surface area contributed by atoms with Gasteiger partial charge in [0.05, 0.1) is 18.1 Å². The number of carbonyl (C=O) groups excluding carboxylic acids is 1. The van der Waals surface area contributed by atoms with Gasteiger partial charge >= 0.3 is 0 Å². The number of rotatable bonds is 4. The quantitative estimate of drug-likeness (QED) is 0.655. The Morgan fingerprint density at radius 2 is 1.93 bits per heavy atom. The van der Waals surface area contributed by atoms with Crippen molar-refractivity contribution in [2.24, 2.45) is 0 Å². The van der Waals surface area contributed by atoms with Gasteiger partial charge in [-0.15, -0.1) is 0 Å². The third kappa shape index (κ3) is 3.46. The lowest BCUT2D eigenvalue weighted by Crippen LogP contribution is -2.41. The smallest absolute Gasteiger partial charge is 0.234 e. The molecule has 0 aromatic heterocycles. The van der Waals surface area contributed by atoms with Crippen LogP contribution in [0.1, 0.15) is 19.3 Å². The first-order valence-corrected chi connectivity index (χ1v) is 7.10. The molecule has 86 valence electrons. The minimum atomic E-state index is -2.90. The standard InChI is InChI=1S/C9H16N2O3S/c12-9(5-10-7-1-2-7)11-8-3-4-15(13,14)6-8/h7-8,10H,1-6H2,(H,11,12). The van der Waals surface area contributed by atoms with E-state index in [1.54, 1.807) is 0 Å². The maximum absolute atomic E-state index is 11.4. The van der Waals surface area contributed by atoms with Gasteiger partial charge in [-0.25, -0.2) is 8.42 Å². The molecule has 0 radical (unpaired) electrons. The van der Waals surface area contributed by atoms with Crippen LogP contribution in [0.2, 0.25) is 0 Å². The first kappa shape index (κ1) is 10.9. The summed E-state index contributed by atoms with van der Waals surface area (Å²) in [5, 5.41) is 5.83. The number of nitrogens with one attached hydrogen (secondary N) is 2. The Balaban J connectivity index is 1.69. The van der Waals surface area contributed by atoms with E-state index in [0.717, 1.165) is 12.8 Å². The maximum Gasteiger partial charge on any atom is 0.234 e. The molecule has 1 saturated heterocycles. The molecule has 6 heteroatoms. The van der Waals surface area contributed by atoms with Crippen molar-refractivity contribution >= 4 is 15.7 Å². The molecule has 2 N–H and O–H groups in total. The molecule has 15 heavy (non-hydrogen) atoms. The Hall–Kier alpha value is -0.620. The lowest BCUT2D eigenvalue weighted by molar-refractivity contribution is -0.120. The zero-order valence-electron chi connectivity index (χ0n) is 8.53. The van der Waals surface area contributed by atoms with Gasteiger partial charge in [0.15, 0.2) is 9.84 Å². The van der Waals surface area contributed by atoms with Gasteiger partial charge in [0, 0.05) is 12.1 Å². The van der Waals surface area contributed by atoms with Gasteiger partial charge in [-0.1, -0.05) is 0 Å². The van der Waals surface area contributed by atoms with E-state index in [1.165, 1.54) is 0 Å². The molecule has 1 heterocycles. The molecular formula is C9H16N2O3S. The number of hydrogen-bond donors (Lipinski definition) is 2. The van der Waals surface area contributed by atoms with Gasteiger partial charge in [0.25, 0.3) is 0 Å². The van der Waals surface area contributed by atoms with Gasteiger partial charge in [0.2, 0.25) is 5.91 Å². The predicted octanol–water partition coefficient (Wildman–Crippen LogP) is -0.958. The Kier molecular flexibility index (Phi) is 2.97. The van der Waals surface area contributed by atoms with E-state index in [9.17, 15) is 13.2 Å². The molecule has 1 aliphatic heterocycles. The van der Waals surface area contributed by atoms with Crippen LogP contribution in [0.25, 0.3) is 0 Å². The highest BCUT2D eigenvalue weighted by molar-refractivity contribution is 7.91. The number of amides is 1. The van der Waals surface area contributed by atoms with Crippen molar-refractivity contribution in [2.45, 2.75) is 31.3 Å². The molecule has 1 amide bonds. The van der Waals surface area contributed by atoms with E-state index in [1.807, 2.05) is 0 Å². The van der Waals surface area contributed by atoms with Crippen LogP contribution >= 0.6 is 0 Å². The molecule has 2 aliphatic rings. The summed E-state index contributed by atoms with van der Waals surface area (Å²) in [4.78, 5) is 11.4. The Morgan fingerprint density at radius 3 is 2.47 bits per heavy atom. The van der Waals surface area contributed by atoms with Crippen molar-refractivity contribution in [3.05, 3.63) is 0 Å². The second-order valence-electron chi connectivity index (χ2n) is 4.32. The molecule has 0 aromatic carbocycles. The lowest BCUT2D eigenvalue weighted by atomic mass is 10.2. The van der Waals surface area contributed by atoms with E-state index in [4.69, 9.17) is 0 Å². The van der Waals surface area contributed by atoms with Crippen molar-refractivity contribution in [3.63, 3.8) is 0 Å². The SMILES string of the molecule is O=C(CNC1CC1)NC1CCS(=O)(=O)C1. The van der Waals surface area contributed by atoms with E-state index < -0.39 is 9.84 Å². The van der Waals surface area contributed by atoms with Crippen LogP contribution in [-0.4, -0.2) is 44.5 Å². The van der Waals surface area contributed by atoms with Crippen LogP contribution in [0.5, 0.6) is 0 Å². The van der Waals surface area contributed by atoms with Gasteiger partial charge in [-0.3, -0.25) is 4.79 Å². The summed E-state index contributed by atoms with van der Waals surface area (Å²) < 4.78 is 22.3. The summed E-state index contributed by atoms with van der Waals surface area (Å²) in [5.41, 5.74) is 0. The molecule has 1 aliphatic carbocycles. The third-order valence-electron chi connectivity index (χ3n) is 2.73. The fourth-order valence-corrected chi connectivity index (χ4v) is 3.39. The van der Waals surface area contributed by atoms with Crippen molar-refractivity contribution in [2.75, 3.05) is 18.1 Å². The molecule has 0 spiro atoms. The summed E-state index contributed by atoms with van der Waals surface area (Å²) in [6.45, 7) is 0.307. The second kappa shape index (κ2) is 4.09. The van der Waals surface area contributed by atoms with Crippen LogP contribution in [0.3, 0.4) is 0 Å². The number of hydrogen-bond acceptors (Lipinski definition) is 4. The average Bonchev–Trinajstić information content (AvgIpc) is 2.89. The molecule has 0 aromatic rings. The van der Waals surface area contributed by atoms with Crippen LogP contribution in [0.4, 0.5) is 0 Å². The fraction of sp³-hybridized carbons (Fsp3) is 0.889. The monoisotopic (exact) mass is 232 g/mol. The minimum absolute atomic E-state index is 0.0935. The summed E-state index contributed by atoms with van der Waals surface area (Å²) in [7, 11) is -2.90. The van der Waals surface area contributed by atoms with Gasteiger partial charge in [0.1, 0.15) is 0 Å². The summed E-state index contributed by atoms with van der Waals surface area (Å²) >= 11 is 0. The molecule has 1 atom stereocenters. The molecular weight excluding hydrogens is 216 g/mol. The van der Waals surface area contributed by atoms with Crippen molar-refractivity contribution in [1.82, 2.24) is 10.6 Å². The molecule has 1 unspecified atom stereocenters. The average molecular weight is 232 g/mol. The van der Waals surface area contributed by atoms with Gasteiger partial charge < -0.3 is 10.6 Å². The van der Waals surface area contributed by atoms with Crippen LogP contribution < -0.4 is 10.6 Å². The highest BCUT2D eigenvalue weighted by Gasteiger charge is 2.29.